The smallest absolute Gasteiger partial charge is 0.141 e. The van der Waals surface area contributed by atoms with Gasteiger partial charge in [-0.05, 0) is 13.3 Å². The summed E-state index contributed by atoms with van der Waals surface area (Å²) in [4.78, 5) is 0. The molecule has 0 aliphatic rings. The Bertz CT molecular complexity index is 120. The Hall–Kier alpha value is -0.590. The van der Waals surface area contributed by atoms with Crippen LogP contribution in [0.3, 0.4) is 0 Å². The number of nitriles is 1. The zero-order valence-corrected chi connectivity index (χ0v) is 7.17. The molecule has 64 valence electrons. The van der Waals surface area contributed by atoms with Crippen molar-refractivity contribution >= 4 is 0 Å². The summed E-state index contributed by atoms with van der Waals surface area (Å²) in [7, 11) is 0. The Balaban J connectivity index is 2.97. The van der Waals surface area contributed by atoms with Crippen LogP contribution in [0.2, 0.25) is 0 Å². The summed E-state index contributed by atoms with van der Waals surface area (Å²) in [6.07, 6.45) is 0.702. The fourth-order valence-electron chi connectivity index (χ4n) is 0.567. The van der Waals surface area contributed by atoms with E-state index in [2.05, 4.69) is 6.92 Å². The third-order valence-corrected chi connectivity index (χ3v) is 1.13. The van der Waals surface area contributed by atoms with E-state index in [1.54, 1.807) is 6.92 Å². The summed E-state index contributed by atoms with van der Waals surface area (Å²) >= 11 is 0. The van der Waals surface area contributed by atoms with E-state index in [9.17, 15) is 0 Å². The second-order valence-electron chi connectivity index (χ2n) is 2.25. The highest BCUT2D eigenvalue weighted by Gasteiger charge is 1.96. The molecule has 0 heterocycles. The number of nitrogens with zero attached hydrogens (tertiary/aromatic N) is 1. The van der Waals surface area contributed by atoms with Crippen molar-refractivity contribution in [3.05, 3.63) is 0 Å². The van der Waals surface area contributed by atoms with E-state index >= 15 is 0 Å². The van der Waals surface area contributed by atoms with Gasteiger partial charge in [0.1, 0.15) is 6.10 Å². The van der Waals surface area contributed by atoms with E-state index in [0.29, 0.717) is 13.2 Å². The molecule has 0 amide bonds. The van der Waals surface area contributed by atoms with Crippen LogP contribution in [0, 0.1) is 11.3 Å². The Morgan fingerprint density at radius 2 is 2.09 bits per heavy atom. The van der Waals surface area contributed by atoms with Gasteiger partial charge in [-0.1, -0.05) is 6.92 Å². The van der Waals surface area contributed by atoms with Gasteiger partial charge in [-0.3, -0.25) is 0 Å². The van der Waals surface area contributed by atoms with Crippen LogP contribution in [0.25, 0.3) is 0 Å². The monoisotopic (exact) mass is 157 g/mol. The van der Waals surface area contributed by atoms with Crippen molar-refractivity contribution < 1.29 is 9.47 Å². The van der Waals surface area contributed by atoms with E-state index in [1.165, 1.54) is 0 Å². The normalized spacial score (nSPS) is 12.5. The predicted octanol–water partition coefficient (Wildman–Crippen LogP) is 1.34. The van der Waals surface area contributed by atoms with Crippen LogP contribution in [-0.2, 0) is 9.47 Å². The van der Waals surface area contributed by atoms with E-state index in [-0.39, 0.29) is 6.10 Å². The minimum Gasteiger partial charge on any atom is -0.379 e. The average Bonchev–Trinajstić information content (AvgIpc) is 2.04. The zero-order valence-electron chi connectivity index (χ0n) is 7.17. The van der Waals surface area contributed by atoms with Gasteiger partial charge in [-0.25, -0.2) is 0 Å². The number of rotatable bonds is 6. The molecule has 0 aliphatic heterocycles. The second kappa shape index (κ2) is 7.52. The molecule has 0 aromatic rings. The Morgan fingerprint density at radius 3 is 2.64 bits per heavy atom. The first-order valence-electron chi connectivity index (χ1n) is 3.90. The van der Waals surface area contributed by atoms with Gasteiger partial charge in [-0.2, -0.15) is 5.26 Å². The molecule has 0 fully saturated rings. The van der Waals surface area contributed by atoms with Gasteiger partial charge in [-0.15, -0.1) is 0 Å². The standard InChI is InChI=1S/C8H15NO2/c1-3-4-10-5-6-11-8(2)7-9/h8H,3-6H2,1-2H3. The lowest BCUT2D eigenvalue weighted by atomic mass is 10.5. The predicted molar refractivity (Wildman–Crippen MR) is 42.1 cm³/mol. The lowest BCUT2D eigenvalue weighted by Gasteiger charge is -2.04. The van der Waals surface area contributed by atoms with Crippen LogP contribution < -0.4 is 0 Å². The van der Waals surface area contributed by atoms with E-state index < -0.39 is 0 Å². The summed E-state index contributed by atoms with van der Waals surface area (Å²) in [5, 5.41) is 8.32. The molecule has 0 aromatic heterocycles. The molecule has 0 spiro atoms. The zero-order chi connectivity index (χ0) is 8.53. The summed E-state index contributed by atoms with van der Waals surface area (Å²) in [6, 6.07) is 1.98. The van der Waals surface area contributed by atoms with E-state index in [0.717, 1.165) is 13.0 Å². The Kier molecular flexibility index (Phi) is 7.11. The van der Waals surface area contributed by atoms with Gasteiger partial charge in [0, 0.05) is 6.61 Å². The van der Waals surface area contributed by atoms with E-state index in [1.807, 2.05) is 6.07 Å². The molecule has 1 unspecified atom stereocenters. The summed E-state index contributed by atoms with van der Waals surface area (Å²) in [5.41, 5.74) is 0. The molecule has 0 N–H and O–H groups in total. The highest BCUT2D eigenvalue weighted by Crippen LogP contribution is 1.87. The Morgan fingerprint density at radius 1 is 1.36 bits per heavy atom. The molecule has 0 bridgehead atoms. The first-order valence-corrected chi connectivity index (χ1v) is 3.90. The number of ether oxygens (including phenoxy) is 2. The lowest BCUT2D eigenvalue weighted by Crippen LogP contribution is -2.11. The van der Waals surface area contributed by atoms with Crippen LogP contribution >= 0.6 is 0 Å². The first kappa shape index (κ1) is 10.4. The van der Waals surface area contributed by atoms with Crippen molar-refractivity contribution in [2.45, 2.75) is 26.4 Å². The van der Waals surface area contributed by atoms with Gasteiger partial charge >= 0.3 is 0 Å². The summed E-state index contributed by atoms with van der Waals surface area (Å²) in [5.74, 6) is 0. The number of hydrogen-bond donors (Lipinski definition) is 0. The van der Waals surface area contributed by atoms with Crippen LogP contribution in [0.15, 0.2) is 0 Å². The average molecular weight is 157 g/mol. The molecule has 0 aliphatic carbocycles. The molecule has 0 rings (SSSR count). The van der Waals surface area contributed by atoms with Gasteiger partial charge in [0.05, 0.1) is 19.3 Å². The number of hydrogen-bond acceptors (Lipinski definition) is 3. The van der Waals surface area contributed by atoms with Crippen LogP contribution in [-0.4, -0.2) is 25.9 Å². The van der Waals surface area contributed by atoms with Gasteiger partial charge in [0.15, 0.2) is 0 Å². The fourth-order valence-corrected chi connectivity index (χ4v) is 0.567. The molecule has 0 saturated heterocycles. The largest absolute Gasteiger partial charge is 0.379 e. The molecule has 3 heteroatoms. The SMILES string of the molecule is CCCOCCOC(C)C#N. The minimum atomic E-state index is -0.319. The van der Waals surface area contributed by atoms with Crippen molar-refractivity contribution in [2.24, 2.45) is 0 Å². The molecule has 0 aromatic carbocycles. The maximum atomic E-state index is 8.32. The molecular weight excluding hydrogens is 142 g/mol. The quantitative estimate of drug-likeness (QED) is 0.546. The third-order valence-electron chi connectivity index (χ3n) is 1.13. The van der Waals surface area contributed by atoms with Crippen LogP contribution in [0.1, 0.15) is 20.3 Å². The minimum absolute atomic E-state index is 0.319. The summed E-state index contributed by atoms with van der Waals surface area (Å²) < 4.78 is 10.2. The van der Waals surface area contributed by atoms with Gasteiger partial charge < -0.3 is 9.47 Å². The fraction of sp³-hybridized carbons (Fsp3) is 0.875. The van der Waals surface area contributed by atoms with Crippen molar-refractivity contribution in [1.29, 1.82) is 5.26 Å². The highest BCUT2D eigenvalue weighted by molar-refractivity contribution is 4.78. The van der Waals surface area contributed by atoms with Crippen molar-refractivity contribution in [1.82, 2.24) is 0 Å². The molecule has 3 nitrogen and oxygen atoms in total. The molecule has 1 atom stereocenters. The first-order chi connectivity index (χ1) is 5.31. The summed E-state index contributed by atoms with van der Waals surface area (Å²) in [6.45, 7) is 5.64. The van der Waals surface area contributed by atoms with Crippen LogP contribution in [0.5, 0.6) is 0 Å². The van der Waals surface area contributed by atoms with Gasteiger partial charge in [0.25, 0.3) is 0 Å². The van der Waals surface area contributed by atoms with Crippen molar-refractivity contribution in [3.8, 4) is 6.07 Å². The van der Waals surface area contributed by atoms with Crippen LogP contribution in [0.4, 0.5) is 0 Å². The van der Waals surface area contributed by atoms with Gasteiger partial charge in [0.2, 0.25) is 0 Å². The second-order valence-corrected chi connectivity index (χ2v) is 2.25. The third kappa shape index (κ3) is 7.31. The molecule has 0 saturated carbocycles. The topological polar surface area (TPSA) is 42.2 Å². The highest BCUT2D eigenvalue weighted by atomic mass is 16.5. The molecule has 11 heavy (non-hydrogen) atoms. The van der Waals surface area contributed by atoms with E-state index in [4.69, 9.17) is 14.7 Å². The van der Waals surface area contributed by atoms with Crippen molar-refractivity contribution in [3.63, 3.8) is 0 Å². The molecular formula is C8H15NO2. The maximum Gasteiger partial charge on any atom is 0.141 e. The van der Waals surface area contributed by atoms with Crippen molar-refractivity contribution in [2.75, 3.05) is 19.8 Å². The maximum absolute atomic E-state index is 8.32. The Labute approximate surface area is 67.9 Å². The molecule has 0 radical (unpaired) electrons. The lowest BCUT2D eigenvalue weighted by molar-refractivity contribution is 0.0322.